The SMILES string of the molecule is CCCCCc1ccc2ccccc2c1-c1c(O)ccc2ccccc12. The van der Waals surface area contributed by atoms with Gasteiger partial charge in [-0.1, -0.05) is 86.5 Å². The molecular weight excluding hydrogens is 316 g/mol. The van der Waals surface area contributed by atoms with Gasteiger partial charge in [0.15, 0.2) is 0 Å². The zero-order valence-corrected chi connectivity index (χ0v) is 15.2. The van der Waals surface area contributed by atoms with E-state index in [1.807, 2.05) is 18.2 Å². The molecule has 4 aromatic carbocycles. The Labute approximate surface area is 154 Å². The molecule has 0 aliphatic heterocycles. The number of benzene rings is 4. The number of unbranched alkanes of at least 4 members (excludes halogenated alkanes) is 2. The van der Waals surface area contributed by atoms with Crippen LogP contribution in [0.3, 0.4) is 0 Å². The molecule has 1 nitrogen and oxygen atoms in total. The maximum atomic E-state index is 10.8. The molecule has 4 aromatic rings. The van der Waals surface area contributed by atoms with Gasteiger partial charge in [0.05, 0.1) is 0 Å². The van der Waals surface area contributed by atoms with E-state index in [-0.39, 0.29) is 0 Å². The molecule has 0 amide bonds. The lowest BCUT2D eigenvalue weighted by atomic mass is 9.88. The first-order valence-corrected chi connectivity index (χ1v) is 9.51. The second-order valence-electron chi connectivity index (χ2n) is 6.96. The van der Waals surface area contributed by atoms with E-state index in [4.69, 9.17) is 0 Å². The van der Waals surface area contributed by atoms with E-state index in [9.17, 15) is 5.11 Å². The number of phenolic OH excluding ortho intramolecular Hbond substituents is 1. The monoisotopic (exact) mass is 340 g/mol. The molecule has 130 valence electrons. The molecule has 0 unspecified atom stereocenters. The predicted molar refractivity (Wildman–Crippen MR) is 112 cm³/mol. The molecule has 4 rings (SSSR count). The third-order valence-corrected chi connectivity index (χ3v) is 5.22. The second-order valence-corrected chi connectivity index (χ2v) is 6.96. The zero-order valence-electron chi connectivity index (χ0n) is 15.2. The molecule has 0 saturated heterocycles. The van der Waals surface area contributed by atoms with Crippen LogP contribution in [-0.4, -0.2) is 5.11 Å². The van der Waals surface area contributed by atoms with Gasteiger partial charge >= 0.3 is 0 Å². The first-order valence-electron chi connectivity index (χ1n) is 9.51. The van der Waals surface area contributed by atoms with Crippen molar-refractivity contribution in [1.82, 2.24) is 0 Å². The Morgan fingerprint density at radius 3 is 1.96 bits per heavy atom. The highest BCUT2D eigenvalue weighted by Crippen LogP contribution is 2.42. The van der Waals surface area contributed by atoms with Gasteiger partial charge in [0.1, 0.15) is 5.75 Å². The van der Waals surface area contributed by atoms with Crippen LogP contribution < -0.4 is 0 Å². The van der Waals surface area contributed by atoms with Crippen LogP contribution in [0.15, 0.2) is 72.8 Å². The molecular formula is C25H24O. The molecule has 1 heteroatoms. The molecule has 0 aliphatic rings. The standard InChI is InChI=1S/C25H24O/c1-2-3-4-11-20-15-14-18-9-5-7-12-21(18)24(20)25-22-13-8-6-10-19(22)16-17-23(25)26/h5-10,12-17,26H,2-4,11H2,1H3. The van der Waals surface area contributed by atoms with Crippen molar-refractivity contribution < 1.29 is 5.11 Å². The summed E-state index contributed by atoms with van der Waals surface area (Å²) in [6.07, 6.45) is 4.65. The number of hydrogen-bond donors (Lipinski definition) is 1. The van der Waals surface area contributed by atoms with Crippen molar-refractivity contribution in [2.45, 2.75) is 32.6 Å². The van der Waals surface area contributed by atoms with E-state index < -0.39 is 0 Å². The Bertz CT molecular complexity index is 1060. The minimum Gasteiger partial charge on any atom is -0.507 e. The van der Waals surface area contributed by atoms with Gasteiger partial charge in [-0.25, -0.2) is 0 Å². The molecule has 1 N–H and O–H groups in total. The fourth-order valence-electron chi connectivity index (χ4n) is 3.91. The topological polar surface area (TPSA) is 20.2 Å². The van der Waals surface area contributed by atoms with Crippen molar-refractivity contribution in [3.63, 3.8) is 0 Å². The summed E-state index contributed by atoms with van der Waals surface area (Å²) < 4.78 is 0. The lowest BCUT2D eigenvalue weighted by Crippen LogP contribution is -1.94. The summed E-state index contributed by atoms with van der Waals surface area (Å²) in [7, 11) is 0. The summed E-state index contributed by atoms with van der Waals surface area (Å²) in [6.45, 7) is 2.23. The van der Waals surface area contributed by atoms with Gasteiger partial charge in [-0.05, 0) is 51.6 Å². The molecule has 0 saturated carbocycles. The largest absolute Gasteiger partial charge is 0.507 e. The summed E-state index contributed by atoms with van der Waals surface area (Å²) in [5.74, 6) is 0.358. The first-order chi connectivity index (χ1) is 12.8. The van der Waals surface area contributed by atoms with Crippen molar-refractivity contribution in [1.29, 1.82) is 0 Å². The van der Waals surface area contributed by atoms with Gasteiger partial charge in [0, 0.05) is 5.56 Å². The van der Waals surface area contributed by atoms with Crippen LogP contribution in [0.2, 0.25) is 0 Å². The molecule has 0 spiro atoms. The summed E-state index contributed by atoms with van der Waals surface area (Å²) in [5.41, 5.74) is 3.48. The predicted octanol–water partition coefficient (Wildman–Crippen LogP) is 7.10. The fraction of sp³-hybridized carbons (Fsp3) is 0.200. The highest BCUT2D eigenvalue weighted by Gasteiger charge is 2.16. The number of aryl methyl sites for hydroxylation is 1. The third kappa shape index (κ3) is 2.94. The van der Waals surface area contributed by atoms with Gasteiger partial charge < -0.3 is 5.11 Å². The Kier molecular flexibility index (Phi) is 4.62. The van der Waals surface area contributed by atoms with Crippen molar-refractivity contribution in [3.8, 4) is 16.9 Å². The van der Waals surface area contributed by atoms with Crippen LogP contribution in [0.4, 0.5) is 0 Å². The average Bonchev–Trinajstić information content (AvgIpc) is 2.68. The second kappa shape index (κ2) is 7.21. The maximum Gasteiger partial charge on any atom is 0.124 e. The highest BCUT2D eigenvalue weighted by atomic mass is 16.3. The van der Waals surface area contributed by atoms with Crippen LogP contribution in [-0.2, 0) is 6.42 Å². The van der Waals surface area contributed by atoms with Crippen LogP contribution in [0.5, 0.6) is 5.75 Å². The molecule has 0 bridgehead atoms. The van der Waals surface area contributed by atoms with E-state index in [1.165, 1.54) is 41.2 Å². The Balaban J connectivity index is 2.04. The van der Waals surface area contributed by atoms with E-state index >= 15 is 0 Å². The summed E-state index contributed by atoms with van der Waals surface area (Å²) >= 11 is 0. The van der Waals surface area contributed by atoms with E-state index in [0.717, 1.165) is 22.8 Å². The molecule has 0 aromatic heterocycles. The molecule has 0 fully saturated rings. The summed E-state index contributed by atoms with van der Waals surface area (Å²) in [5, 5.41) is 15.5. The molecule has 0 aliphatic carbocycles. The van der Waals surface area contributed by atoms with Gasteiger partial charge in [-0.3, -0.25) is 0 Å². The van der Waals surface area contributed by atoms with Gasteiger partial charge in [-0.15, -0.1) is 0 Å². The fourth-order valence-corrected chi connectivity index (χ4v) is 3.91. The summed E-state index contributed by atoms with van der Waals surface area (Å²) in [6, 6.07) is 25.1. The lowest BCUT2D eigenvalue weighted by molar-refractivity contribution is 0.478. The maximum absolute atomic E-state index is 10.8. The van der Waals surface area contributed by atoms with Crippen molar-refractivity contribution >= 4 is 21.5 Å². The number of aromatic hydroxyl groups is 1. The minimum absolute atomic E-state index is 0.358. The van der Waals surface area contributed by atoms with Crippen LogP contribution in [0.1, 0.15) is 31.7 Å². The normalized spacial score (nSPS) is 11.3. The number of hydrogen-bond acceptors (Lipinski definition) is 1. The Morgan fingerprint density at radius 1 is 0.654 bits per heavy atom. The van der Waals surface area contributed by atoms with Crippen LogP contribution >= 0.6 is 0 Å². The zero-order chi connectivity index (χ0) is 17.9. The number of phenols is 1. The average molecular weight is 340 g/mol. The van der Waals surface area contributed by atoms with Crippen molar-refractivity contribution in [3.05, 3.63) is 78.4 Å². The van der Waals surface area contributed by atoms with Gasteiger partial charge in [-0.2, -0.15) is 0 Å². The summed E-state index contributed by atoms with van der Waals surface area (Å²) in [4.78, 5) is 0. The first kappa shape index (κ1) is 16.7. The smallest absolute Gasteiger partial charge is 0.124 e. The van der Waals surface area contributed by atoms with Crippen molar-refractivity contribution in [2.75, 3.05) is 0 Å². The molecule has 0 radical (unpaired) electrons. The van der Waals surface area contributed by atoms with Crippen LogP contribution in [0, 0.1) is 0 Å². The number of rotatable bonds is 5. The molecule has 0 heterocycles. The highest BCUT2D eigenvalue weighted by molar-refractivity contribution is 6.08. The quantitative estimate of drug-likeness (QED) is 0.384. The minimum atomic E-state index is 0.358. The van der Waals surface area contributed by atoms with E-state index in [2.05, 4.69) is 61.5 Å². The van der Waals surface area contributed by atoms with E-state index in [0.29, 0.717) is 5.75 Å². The molecule has 26 heavy (non-hydrogen) atoms. The Hall–Kier alpha value is -2.80. The van der Waals surface area contributed by atoms with E-state index in [1.54, 1.807) is 0 Å². The van der Waals surface area contributed by atoms with Gasteiger partial charge in [0.25, 0.3) is 0 Å². The molecule has 0 atom stereocenters. The Morgan fingerprint density at radius 2 is 1.27 bits per heavy atom. The van der Waals surface area contributed by atoms with Gasteiger partial charge in [0.2, 0.25) is 0 Å². The number of fused-ring (bicyclic) bond motifs is 2. The third-order valence-electron chi connectivity index (χ3n) is 5.22. The van der Waals surface area contributed by atoms with Crippen molar-refractivity contribution in [2.24, 2.45) is 0 Å². The van der Waals surface area contributed by atoms with Crippen LogP contribution in [0.25, 0.3) is 32.7 Å². The lowest BCUT2D eigenvalue weighted by Gasteiger charge is -2.17.